The Morgan fingerprint density at radius 1 is 0.607 bits per heavy atom. The Kier molecular flexibility index (Phi) is 4.58. The first-order chi connectivity index (χ1) is 13.6. The van der Waals surface area contributed by atoms with Crippen molar-refractivity contribution in [2.75, 3.05) is 0 Å². The molecule has 28 heavy (non-hydrogen) atoms. The summed E-state index contributed by atoms with van der Waals surface area (Å²) in [6.07, 6.45) is 0. The summed E-state index contributed by atoms with van der Waals surface area (Å²) in [6.45, 7) is 1.14. The highest BCUT2D eigenvalue weighted by Crippen LogP contribution is 2.35. The first-order valence-corrected chi connectivity index (χ1v) is 9.12. The maximum atomic E-state index is 13.2. The zero-order valence-corrected chi connectivity index (χ0v) is 15.4. The minimum absolute atomic E-state index is 0.694. The fourth-order valence-electron chi connectivity index (χ4n) is 3.76. The fourth-order valence-corrected chi connectivity index (χ4v) is 3.76. The fraction of sp³-hybridized carbons (Fsp3) is 0.0800. The number of benzene rings is 4. The molecule has 0 bridgehead atoms. The molecule has 0 amide bonds. The Hall–Kier alpha value is -3.59. The lowest BCUT2D eigenvalue weighted by atomic mass is 9.81. The Labute approximate surface area is 162 Å². The second-order valence-corrected chi connectivity index (χ2v) is 6.82. The third-order valence-electron chi connectivity index (χ3n) is 5.07. The predicted octanol–water partition coefficient (Wildman–Crippen LogP) is 4.85. The number of hydrogen-bond acceptors (Lipinski definition) is 3. The van der Waals surface area contributed by atoms with Gasteiger partial charge in [-0.3, -0.25) is 14.4 Å². The van der Waals surface area contributed by atoms with Crippen LogP contribution in [0.3, 0.4) is 0 Å². The van der Waals surface area contributed by atoms with Crippen molar-refractivity contribution in [3.63, 3.8) is 0 Å². The number of carbonyl (C=O) groups excluding carboxylic acids is 3. The van der Waals surface area contributed by atoms with Crippen molar-refractivity contribution >= 4 is 38.9 Å². The lowest BCUT2D eigenvalue weighted by Gasteiger charge is -2.20. The van der Waals surface area contributed by atoms with Crippen LogP contribution in [-0.2, 0) is 14.4 Å². The monoisotopic (exact) mass is 366 g/mol. The van der Waals surface area contributed by atoms with Crippen molar-refractivity contribution in [2.45, 2.75) is 12.8 Å². The lowest BCUT2D eigenvalue weighted by molar-refractivity contribution is -0.143. The van der Waals surface area contributed by atoms with Crippen LogP contribution < -0.4 is 0 Å². The van der Waals surface area contributed by atoms with E-state index < -0.39 is 23.3 Å². The number of fused-ring (bicyclic) bond motifs is 2. The molecule has 0 aliphatic rings. The molecule has 0 aliphatic carbocycles. The SMILES string of the molecule is CC(=O)C(=O)C(=O)C(c1cccc2ccccc12)c1cccc2ccccc12. The van der Waals surface area contributed by atoms with E-state index >= 15 is 0 Å². The van der Waals surface area contributed by atoms with Crippen molar-refractivity contribution < 1.29 is 14.4 Å². The zero-order chi connectivity index (χ0) is 19.7. The summed E-state index contributed by atoms with van der Waals surface area (Å²) in [5, 5.41) is 3.75. The summed E-state index contributed by atoms with van der Waals surface area (Å²) in [5.41, 5.74) is 1.46. The Morgan fingerprint density at radius 2 is 1.04 bits per heavy atom. The van der Waals surface area contributed by atoms with E-state index in [1.807, 2.05) is 84.9 Å². The summed E-state index contributed by atoms with van der Waals surface area (Å²) >= 11 is 0. The molecule has 0 aliphatic heterocycles. The van der Waals surface area contributed by atoms with E-state index in [2.05, 4.69) is 0 Å². The minimum atomic E-state index is -0.967. The molecule has 0 atom stereocenters. The van der Waals surface area contributed by atoms with Crippen LogP contribution in [-0.4, -0.2) is 17.3 Å². The zero-order valence-electron chi connectivity index (χ0n) is 15.4. The maximum absolute atomic E-state index is 13.2. The van der Waals surface area contributed by atoms with Crippen LogP contribution >= 0.6 is 0 Å². The number of rotatable bonds is 5. The molecule has 0 unspecified atom stereocenters. The number of ketones is 3. The van der Waals surface area contributed by atoms with E-state index in [1.54, 1.807) is 0 Å². The number of carbonyl (C=O) groups is 3. The standard InChI is InChI=1S/C25H18O3/c1-16(26)24(27)25(28)23(21-14-6-10-17-8-2-4-12-19(17)21)22-15-7-11-18-9-3-5-13-20(18)22/h2-15,23H,1H3. The van der Waals surface area contributed by atoms with Crippen molar-refractivity contribution in [3.05, 3.63) is 96.1 Å². The first kappa shape index (κ1) is 17.8. The van der Waals surface area contributed by atoms with Gasteiger partial charge in [0.2, 0.25) is 11.6 Å². The van der Waals surface area contributed by atoms with Gasteiger partial charge in [-0.05, 0) is 32.7 Å². The van der Waals surface area contributed by atoms with Crippen LogP contribution in [0.1, 0.15) is 24.0 Å². The molecular formula is C25H18O3. The van der Waals surface area contributed by atoms with E-state index in [1.165, 1.54) is 0 Å². The van der Waals surface area contributed by atoms with Gasteiger partial charge in [-0.1, -0.05) is 84.9 Å². The molecule has 0 saturated heterocycles. The second-order valence-electron chi connectivity index (χ2n) is 6.82. The largest absolute Gasteiger partial charge is 0.291 e. The molecule has 3 heteroatoms. The van der Waals surface area contributed by atoms with Gasteiger partial charge in [-0.15, -0.1) is 0 Å². The molecule has 0 spiro atoms. The van der Waals surface area contributed by atoms with Crippen LogP contribution in [0.4, 0.5) is 0 Å². The molecule has 0 heterocycles. The molecule has 3 nitrogen and oxygen atoms in total. The molecule has 0 radical (unpaired) electrons. The number of Topliss-reactive ketones (excluding diaryl/α,β-unsaturated/α-hetero) is 3. The van der Waals surface area contributed by atoms with Crippen molar-refractivity contribution in [2.24, 2.45) is 0 Å². The lowest BCUT2D eigenvalue weighted by Crippen LogP contribution is -2.28. The number of hydrogen-bond donors (Lipinski definition) is 0. The maximum Gasteiger partial charge on any atom is 0.264 e. The van der Waals surface area contributed by atoms with Gasteiger partial charge in [-0.2, -0.15) is 0 Å². The average molecular weight is 366 g/mol. The quantitative estimate of drug-likeness (QED) is 0.375. The van der Waals surface area contributed by atoms with Crippen LogP contribution in [0, 0.1) is 0 Å². The van der Waals surface area contributed by atoms with E-state index in [0.29, 0.717) is 0 Å². The van der Waals surface area contributed by atoms with Gasteiger partial charge < -0.3 is 0 Å². The van der Waals surface area contributed by atoms with Gasteiger partial charge in [0.25, 0.3) is 5.78 Å². The van der Waals surface area contributed by atoms with Crippen LogP contribution in [0.15, 0.2) is 84.9 Å². The van der Waals surface area contributed by atoms with Crippen LogP contribution in [0.2, 0.25) is 0 Å². The summed E-state index contributed by atoms with van der Waals surface area (Å²) in [6, 6.07) is 26.9. The minimum Gasteiger partial charge on any atom is -0.291 e. The molecule has 0 saturated carbocycles. The van der Waals surface area contributed by atoms with Crippen LogP contribution in [0.25, 0.3) is 21.5 Å². The first-order valence-electron chi connectivity index (χ1n) is 9.12. The van der Waals surface area contributed by atoms with Gasteiger partial charge in [0.05, 0.1) is 5.92 Å². The molecule has 0 fully saturated rings. The third-order valence-corrected chi connectivity index (χ3v) is 5.07. The van der Waals surface area contributed by atoms with Crippen LogP contribution in [0.5, 0.6) is 0 Å². The second kappa shape index (κ2) is 7.20. The highest BCUT2D eigenvalue weighted by Gasteiger charge is 2.32. The normalized spacial score (nSPS) is 11.1. The Balaban J connectivity index is 2.04. The molecule has 4 aromatic carbocycles. The van der Waals surface area contributed by atoms with Crippen molar-refractivity contribution in [1.82, 2.24) is 0 Å². The van der Waals surface area contributed by atoms with Gasteiger partial charge in [-0.25, -0.2) is 0 Å². The van der Waals surface area contributed by atoms with E-state index in [0.717, 1.165) is 39.6 Å². The Morgan fingerprint density at radius 3 is 1.50 bits per heavy atom. The Bertz CT molecular complexity index is 1150. The van der Waals surface area contributed by atoms with E-state index in [9.17, 15) is 14.4 Å². The van der Waals surface area contributed by atoms with E-state index in [4.69, 9.17) is 0 Å². The van der Waals surface area contributed by atoms with Gasteiger partial charge in [0, 0.05) is 6.92 Å². The molecule has 0 aromatic heterocycles. The highest BCUT2D eigenvalue weighted by molar-refractivity contribution is 6.64. The molecule has 136 valence electrons. The topological polar surface area (TPSA) is 51.2 Å². The van der Waals surface area contributed by atoms with Crippen molar-refractivity contribution in [3.8, 4) is 0 Å². The van der Waals surface area contributed by atoms with Gasteiger partial charge in [0.1, 0.15) is 0 Å². The average Bonchev–Trinajstić information content (AvgIpc) is 2.73. The predicted molar refractivity (Wildman–Crippen MR) is 110 cm³/mol. The highest BCUT2D eigenvalue weighted by atomic mass is 16.2. The molecule has 4 rings (SSSR count). The van der Waals surface area contributed by atoms with Gasteiger partial charge >= 0.3 is 0 Å². The summed E-state index contributed by atoms with van der Waals surface area (Å²) in [5.74, 6) is -3.24. The molecule has 0 N–H and O–H groups in total. The molecular weight excluding hydrogens is 348 g/mol. The summed E-state index contributed by atoms with van der Waals surface area (Å²) < 4.78 is 0. The molecule has 4 aromatic rings. The summed E-state index contributed by atoms with van der Waals surface area (Å²) in [4.78, 5) is 37.3. The summed E-state index contributed by atoms with van der Waals surface area (Å²) in [7, 11) is 0. The van der Waals surface area contributed by atoms with E-state index in [-0.39, 0.29) is 0 Å². The van der Waals surface area contributed by atoms with Crippen molar-refractivity contribution in [1.29, 1.82) is 0 Å². The third kappa shape index (κ3) is 3.01. The van der Waals surface area contributed by atoms with Gasteiger partial charge in [0.15, 0.2) is 0 Å². The smallest absolute Gasteiger partial charge is 0.264 e.